The average molecular weight is 305 g/mol. The number of nitrogens with two attached hydrogens (primary N) is 1. The van der Waals surface area contributed by atoms with Crippen LogP contribution in [0.4, 0.5) is 18.9 Å². The Morgan fingerprint density at radius 1 is 1.47 bits per heavy atom. The summed E-state index contributed by atoms with van der Waals surface area (Å²) in [6, 6.07) is 0. The molecule has 0 aliphatic heterocycles. The molecule has 1 aromatic rings. The number of nitrogen functional groups attached to an aromatic ring is 1. The van der Waals surface area contributed by atoms with Gasteiger partial charge in [-0.3, -0.25) is 0 Å². The Morgan fingerprint density at radius 3 is 2.40 bits per heavy atom. The van der Waals surface area contributed by atoms with Crippen molar-refractivity contribution < 1.29 is 17.9 Å². The summed E-state index contributed by atoms with van der Waals surface area (Å²) in [5, 5.41) is -0.624. The molecule has 0 aliphatic carbocycles. The second-order valence-corrected chi connectivity index (χ2v) is 3.64. The van der Waals surface area contributed by atoms with E-state index in [2.05, 4.69) is 25.7 Å². The van der Waals surface area contributed by atoms with Gasteiger partial charge in [-0.05, 0) is 15.9 Å². The number of nitrogens with zero attached hydrogens (tertiary/aromatic N) is 1. The van der Waals surface area contributed by atoms with Gasteiger partial charge in [0.15, 0.2) is 0 Å². The van der Waals surface area contributed by atoms with Crippen LogP contribution in [0.1, 0.15) is 5.56 Å². The number of anilines is 1. The van der Waals surface area contributed by atoms with Crippen LogP contribution in [0.25, 0.3) is 0 Å². The van der Waals surface area contributed by atoms with Crippen molar-refractivity contribution >= 4 is 33.2 Å². The summed E-state index contributed by atoms with van der Waals surface area (Å²) in [5.74, 6) is -0.153. The third kappa shape index (κ3) is 2.28. The monoisotopic (exact) mass is 304 g/mol. The van der Waals surface area contributed by atoms with Crippen molar-refractivity contribution in [2.45, 2.75) is 6.18 Å². The van der Waals surface area contributed by atoms with E-state index < -0.39 is 21.4 Å². The molecule has 15 heavy (non-hydrogen) atoms. The average Bonchev–Trinajstić information content (AvgIpc) is 2.09. The lowest BCUT2D eigenvalue weighted by Crippen LogP contribution is -2.11. The first-order valence-corrected chi connectivity index (χ1v) is 4.71. The third-order valence-electron chi connectivity index (χ3n) is 1.57. The summed E-state index contributed by atoms with van der Waals surface area (Å²) in [7, 11) is 1.23. The van der Waals surface area contributed by atoms with Crippen LogP contribution in [-0.2, 0) is 6.18 Å². The molecule has 0 saturated heterocycles. The van der Waals surface area contributed by atoms with Gasteiger partial charge < -0.3 is 10.5 Å². The number of alkyl halides is 3. The number of hydrogen-bond acceptors (Lipinski definition) is 3. The molecule has 0 amide bonds. The predicted octanol–water partition coefficient (Wildman–Crippen LogP) is 3.11. The molecule has 3 nitrogen and oxygen atoms in total. The molecule has 0 aromatic carbocycles. The second kappa shape index (κ2) is 4.05. The van der Waals surface area contributed by atoms with Crippen LogP contribution in [0.2, 0.25) is 5.02 Å². The van der Waals surface area contributed by atoms with Crippen molar-refractivity contribution in [1.29, 1.82) is 0 Å². The van der Waals surface area contributed by atoms with Gasteiger partial charge in [0.2, 0.25) is 5.88 Å². The molecule has 8 heteroatoms. The fourth-order valence-corrected chi connectivity index (χ4v) is 1.90. The number of aromatic nitrogens is 1. The zero-order valence-corrected chi connectivity index (χ0v) is 9.66. The molecule has 1 aromatic heterocycles. The molecular formula is C7H5BrClF3N2O. The van der Waals surface area contributed by atoms with E-state index in [9.17, 15) is 13.2 Å². The number of halogens is 5. The first-order valence-electron chi connectivity index (χ1n) is 3.54. The lowest BCUT2D eigenvalue weighted by molar-refractivity contribution is -0.138. The first-order chi connectivity index (χ1) is 6.79. The Morgan fingerprint density at radius 2 is 2.00 bits per heavy atom. The Balaban J connectivity index is 3.50. The Labute approximate surface area is 96.5 Å². The molecule has 0 atom stereocenters. The van der Waals surface area contributed by atoms with Crippen molar-refractivity contribution in [3.05, 3.63) is 15.2 Å². The molecule has 0 fully saturated rings. The van der Waals surface area contributed by atoms with Gasteiger partial charge in [-0.1, -0.05) is 11.6 Å². The number of rotatable bonds is 1. The largest absolute Gasteiger partial charge is 0.479 e. The maximum absolute atomic E-state index is 12.5. The minimum absolute atomic E-state index is 0.153. The van der Waals surface area contributed by atoms with Crippen LogP contribution in [0.15, 0.2) is 4.60 Å². The van der Waals surface area contributed by atoms with Crippen molar-refractivity contribution in [1.82, 2.24) is 4.98 Å². The highest BCUT2D eigenvalue weighted by Crippen LogP contribution is 2.43. The van der Waals surface area contributed by atoms with Gasteiger partial charge in [0.25, 0.3) is 0 Å². The minimum Gasteiger partial charge on any atom is -0.479 e. The Bertz CT molecular complexity index is 397. The zero-order valence-electron chi connectivity index (χ0n) is 7.32. The van der Waals surface area contributed by atoms with E-state index in [1.165, 1.54) is 7.11 Å². The second-order valence-electron chi connectivity index (χ2n) is 2.51. The number of ether oxygens (including phenoxy) is 1. The van der Waals surface area contributed by atoms with E-state index in [4.69, 9.17) is 17.3 Å². The van der Waals surface area contributed by atoms with Gasteiger partial charge >= 0.3 is 6.18 Å². The smallest absolute Gasteiger partial charge is 0.420 e. The number of methoxy groups -OCH3 is 1. The maximum Gasteiger partial charge on any atom is 0.420 e. The zero-order chi connectivity index (χ0) is 11.8. The van der Waals surface area contributed by atoms with Crippen molar-refractivity contribution in [2.75, 3.05) is 12.8 Å². The lowest BCUT2D eigenvalue weighted by atomic mass is 10.2. The molecule has 0 radical (unpaired) electrons. The molecular weight excluding hydrogens is 300 g/mol. The molecule has 0 aliphatic rings. The minimum atomic E-state index is -4.62. The van der Waals surface area contributed by atoms with Crippen molar-refractivity contribution in [3.63, 3.8) is 0 Å². The topological polar surface area (TPSA) is 48.1 Å². The standard InChI is InChI=1S/C7H5BrClF3N2O/c1-15-6-4(13)3(9)2(5(8)14-6)7(10,11)12/h13H2,1H3. The van der Waals surface area contributed by atoms with E-state index in [1.54, 1.807) is 0 Å². The highest BCUT2D eigenvalue weighted by atomic mass is 79.9. The van der Waals surface area contributed by atoms with Gasteiger partial charge in [-0.2, -0.15) is 13.2 Å². The molecule has 0 spiro atoms. The summed E-state index contributed by atoms with van der Waals surface area (Å²) < 4.78 is 41.6. The highest BCUT2D eigenvalue weighted by Gasteiger charge is 2.38. The van der Waals surface area contributed by atoms with Crippen LogP contribution in [0, 0.1) is 0 Å². The third-order valence-corrected chi connectivity index (χ3v) is 2.54. The quantitative estimate of drug-likeness (QED) is 0.811. The summed E-state index contributed by atoms with van der Waals surface area (Å²) in [6.45, 7) is 0. The summed E-state index contributed by atoms with van der Waals surface area (Å²) >= 11 is 8.13. The van der Waals surface area contributed by atoms with Crippen LogP contribution in [0.3, 0.4) is 0 Å². The van der Waals surface area contributed by atoms with Gasteiger partial charge in [-0.15, -0.1) is 0 Å². The summed E-state index contributed by atoms with van der Waals surface area (Å²) in [6.07, 6.45) is -4.62. The van der Waals surface area contributed by atoms with Crippen LogP contribution in [0.5, 0.6) is 5.88 Å². The van der Waals surface area contributed by atoms with Crippen molar-refractivity contribution in [3.8, 4) is 5.88 Å². The molecule has 0 saturated carbocycles. The van der Waals surface area contributed by atoms with E-state index in [0.29, 0.717) is 0 Å². The van der Waals surface area contributed by atoms with Gasteiger partial charge in [0, 0.05) is 0 Å². The number of hydrogen-bond donors (Lipinski definition) is 1. The molecule has 0 unspecified atom stereocenters. The maximum atomic E-state index is 12.5. The fraction of sp³-hybridized carbons (Fsp3) is 0.286. The van der Waals surface area contributed by atoms with E-state index >= 15 is 0 Å². The van der Waals surface area contributed by atoms with Crippen LogP contribution in [-0.4, -0.2) is 12.1 Å². The van der Waals surface area contributed by atoms with Gasteiger partial charge in [0.1, 0.15) is 15.9 Å². The van der Waals surface area contributed by atoms with Gasteiger partial charge in [0.05, 0.1) is 12.1 Å². The molecule has 1 rings (SSSR count). The Kier molecular flexibility index (Phi) is 3.34. The van der Waals surface area contributed by atoms with Gasteiger partial charge in [-0.25, -0.2) is 4.98 Å². The van der Waals surface area contributed by atoms with E-state index in [1.807, 2.05) is 0 Å². The molecule has 2 N–H and O–H groups in total. The number of pyridine rings is 1. The molecule has 84 valence electrons. The highest BCUT2D eigenvalue weighted by molar-refractivity contribution is 9.10. The first kappa shape index (κ1) is 12.4. The van der Waals surface area contributed by atoms with Crippen LogP contribution >= 0.6 is 27.5 Å². The lowest BCUT2D eigenvalue weighted by Gasteiger charge is -2.14. The Hall–Kier alpha value is -0.690. The SMILES string of the molecule is COc1nc(Br)c(C(F)(F)F)c(Cl)c1N. The van der Waals surface area contributed by atoms with Crippen LogP contribution < -0.4 is 10.5 Å². The summed E-state index contributed by atoms with van der Waals surface area (Å²) in [5.41, 5.74) is 3.87. The van der Waals surface area contributed by atoms with Crippen molar-refractivity contribution in [2.24, 2.45) is 0 Å². The van der Waals surface area contributed by atoms with E-state index in [-0.39, 0.29) is 11.6 Å². The predicted molar refractivity (Wildman–Crippen MR) is 52.9 cm³/mol. The normalized spacial score (nSPS) is 11.6. The van der Waals surface area contributed by atoms with E-state index in [0.717, 1.165) is 0 Å². The fourth-order valence-electron chi connectivity index (χ4n) is 0.921. The summed E-state index contributed by atoms with van der Waals surface area (Å²) in [4.78, 5) is 3.48. The molecule has 0 bridgehead atoms. The molecule has 1 heterocycles.